The van der Waals surface area contributed by atoms with Crippen LogP contribution in [-0.4, -0.2) is 32.5 Å². The summed E-state index contributed by atoms with van der Waals surface area (Å²) < 4.78 is 33.0. The molecular formula is C21H19N3O4S. The van der Waals surface area contributed by atoms with Crippen molar-refractivity contribution in [1.82, 2.24) is 9.71 Å². The van der Waals surface area contributed by atoms with Crippen LogP contribution in [-0.2, 0) is 14.8 Å². The Morgan fingerprint density at radius 3 is 2.72 bits per heavy atom. The van der Waals surface area contributed by atoms with Gasteiger partial charge in [-0.3, -0.25) is 9.78 Å². The quantitative estimate of drug-likeness (QED) is 0.610. The summed E-state index contributed by atoms with van der Waals surface area (Å²) in [5.74, 6) is 5.85. The highest BCUT2D eigenvalue weighted by Crippen LogP contribution is 2.20. The molecule has 2 N–H and O–H groups in total. The van der Waals surface area contributed by atoms with Gasteiger partial charge in [0, 0.05) is 30.3 Å². The highest BCUT2D eigenvalue weighted by Gasteiger charge is 2.16. The number of para-hydroxylation sites is 1. The van der Waals surface area contributed by atoms with E-state index in [9.17, 15) is 13.2 Å². The molecule has 0 aliphatic heterocycles. The lowest BCUT2D eigenvalue weighted by molar-refractivity contribution is -0.114. The lowest BCUT2D eigenvalue weighted by Crippen LogP contribution is -2.24. The van der Waals surface area contributed by atoms with Gasteiger partial charge in [0.1, 0.15) is 17.3 Å². The first-order valence-electron chi connectivity index (χ1n) is 8.75. The highest BCUT2D eigenvalue weighted by atomic mass is 32.2. The molecule has 0 fully saturated rings. The molecule has 0 saturated carbocycles. The van der Waals surface area contributed by atoms with Crippen molar-refractivity contribution < 1.29 is 17.9 Å². The Kier molecular flexibility index (Phi) is 6.44. The summed E-state index contributed by atoms with van der Waals surface area (Å²) >= 11 is 0. The van der Waals surface area contributed by atoms with Crippen molar-refractivity contribution in [3.63, 3.8) is 0 Å². The highest BCUT2D eigenvalue weighted by molar-refractivity contribution is 7.89. The number of amides is 1. The van der Waals surface area contributed by atoms with E-state index in [1.54, 1.807) is 54.7 Å². The predicted molar refractivity (Wildman–Crippen MR) is 111 cm³/mol. The smallest absolute Gasteiger partial charge is 0.243 e. The van der Waals surface area contributed by atoms with Gasteiger partial charge in [-0.25, -0.2) is 8.42 Å². The third kappa shape index (κ3) is 5.54. The van der Waals surface area contributed by atoms with Crippen LogP contribution in [0.5, 0.6) is 5.75 Å². The molecule has 0 saturated heterocycles. The number of carbonyl (C=O) groups is 1. The summed E-state index contributed by atoms with van der Waals surface area (Å²) in [6.07, 6.45) is 1.55. The minimum atomic E-state index is -3.74. The lowest BCUT2D eigenvalue weighted by atomic mass is 10.2. The minimum Gasteiger partial charge on any atom is -0.481 e. The molecule has 148 valence electrons. The number of nitrogens with zero attached hydrogens (tertiary/aromatic N) is 1. The molecule has 8 heteroatoms. The van der Waals surface area contributed by atoms with E-state index >= 15 is 0 Å². The van der Waals surface area contributed by atoms with Crippen molar-refractivity contribution in [2.24, 2.45) is 0 Å². The zero-order chi connectivity index (χ0) is 20.7. The molecule has 0 bridgehead atoms. The fraction of sp³-hybridized carbons (Fsp3) is 0.143. The number of aromatic nitrogens is 1. The SMILES string of the molecule is CC(=O)Nc1cccc(OCC#CCNS(=O)(=O)c2cccc3cccnc23)c1. The van der Waals surface area contributed by atoms with Crippen LogP contribution in [0.3, 0.4) is 0 Å². The van der Waals surface area contributed by atoms with Crippen LogP contribution < -0.4 is 14.8 Å². The van der Waals surface area contributed by atoms with E-state index in [0.717, 1.165) is 5.39 Å². The molecule has 1 aromatic heterocycles. The number of sulfonamides is 1. The Balaban J connectivity index is 1.57. The molecule has 0 aliphatic rings. The van der Waals surface area contributed by atoms with E-state index in [0.29, 0.717) is 17.0 Å². The van der Waals surface area contributed by atoms with Crippen molar-refractivity contribution in [3.05, 3.63) is 60.8 Å². The van der Waals surface area contributed by atoms with Gasteiger partial charge in [-0.2, -0.15) is 4.72 Å². The van der Waals surface area contributed by atoms with Gasteiger partial charge < -0.3 is 10.1 Å². The number of rotatable bonds is 6. The van der Waals surface area contributed by atoms with Gasteiger partial charge in [0.25, 0.3) is 0 Å². The molecule has 7 nitrogen and oxygen atoms in total. The van der Waals surface area contributed by atoms with Crippen LogP contribution >= 0.6 is 0 Å². The van der Waals surface area contributed by atoms with Crippen molar-refractivity contribution in [1.29, 1.82) is 0 Å². The third-order valence-electron chi connectivity index (χ3n) is 3.83. The van der Waals surface area contributed by atoms with E-state index in [4.69, 9.17) is 4.74 Å². The number of nitrogens with one attached hydrogen (secondary N) is 2. The molecule has 1 heterocycles. The zero-order valence-electron chi connectivity index (χ0n) is 15.7. The molecule has 1 amide bonds. The van der Waals surface area contributed by atoms with E-state index in [-0.39, 0.29) is 24.0 Å². The average molecular weight is 409 g/mol. The minimum absolute atomic E-state index is 0.0547. The fourth-order valence-electron chi connectivity index (χ4n) is 2.60. The number of carbonyl (C=O) groups excluding carboxylic acids is 1. The van der Waals surface area contributed by atoms with Crippen molar-refractivity contribution in [2.75, 3.05) is 18.5 Å². The summed E-state index contributed by atoms with van der Waals surface area (Å²) in [6.45, 7) is 1.45. The molecule has 0 unspecified atom stereocenters. The molecule has 0 radical (unpaired) electrons. The normalized spacial score (nSPS) is 10.8. The second-order valence-corrected chi connectivity index (χ2v) is 7.74. The Hall–Kier alpha value is -3.41. The topological polar surface area (TPSA) is 97.4 Å². The molecule has 2 aromatic carbocycles. The Morgan fingerprint density at radius 1 is 1.10 bits per heavy atom. The largest absolute Gasteiger partial charge is 0.481 e. The Labute approximate surface area is 169 Å². The molecule has 29 heavy (non-hydrogen) atoms. The standard InChI is InChI=1S/C21H19N3O4S/c1-16(25)24-18-9-5-10-19(15-18)28-14-3-2-13-23-29(26,27)20-11-4-7-17-8-6-12-22-21(17)20/h4-12,15,23H,13-14H2,1H3,(H,24,25). The maximum absolute atomic E-state index is 12.5. The fourth-order valence-corrected chi connectivity index (χ4v) is 3.70. The second kappa shape index (κ2) is 9.19. The summed E-state index contributed by atoms with van der Waals surface area (Å²) in [4.78, 5) is 15.4. The van der Waals surface area contributed by atoms with Crippen LogP contribution in [0.4, 0.5) is 5.69 Å². The number of pyridine rings is 1. The van der Waals surface area contributed by atoms with Crippen LogP contribution in [0.25, 0.3) is 10.9 Å². The van der Waals surface area contributed by atoms with Gasteiger partial charge in [-0.15, -0.1) is 0 Å². The van der Waals surface area contributed by atoms with Gasteiger partial charge in [0.05, 0.1) is 12.1 Å². The zero-order valence-corrected chi connectivity index (χ0v) is 16.5. The number of anilines is 1. The monoisotopic (exact) mass is 409 g/mol. The van der Waals surface area contributed by atoms with E-state index in [2.05, 4.69) is 26.9 Å². The van der Waals surface area contributed by atoms with Gasteiger partial charge in [0.2, 0.25) is 15.9 Å². The van der Waals surface area contributed by atoms with E-state index in [1.807, 2.05) is 0 Å². The van der Waals surface area contributed by atoms with E-state index < -0.39 is 10.0 Å². The van der Waals surface area contributed by atoms with Gasteiger partial charge in [-0.05, 0) is 24.3 Å². The number of benzene rings is 2. The van der Waals surface area contributed by atoms with E-state index in [1.165, 1.54) is 13.0 Å². The maximum Gasteiger partial charge on any atom is 0.243 e. The second-order valence-electron chi connectivity index (χ2n) is 6.01. The number of ether oxygens (including phenoxy) is 1. The lowest BCUT2D eigenvalue weighted by Gasteiger charge is -2.07. The Bertz CT molecular complexity index is 1190. The van der Waals surface area contributed by atoms with Gasteiger partial charge >= 0.3 is 0 Å². The summed E-state index contributed by atoms with van der Waals surface area (Å²) in [6, 6.07) is 15.5. The first-order valence-corrected chi connectivity index (χ1v) is 10.2. The predicted octanol–water partition coefficient (Wildman–Crippen LogP) is 2.55. The van der Waals surface area contributed by atoms with Crippen LogP contribution in [0.1, 0.15) is 6.92 Å². The molecular weight excluding hydrogens is 390 g/mol. The Morgan fingerprint density at radius 2 is 1.90 bits per heavy atom. The first kappa shape index (κ1) is 20.3. The average Bonchev–Trinajstić information content (AvgIpc) is 2.70. The molecule has 0 atom stereocenters. The molecule has 0 aliphatic carbocycles. The van der Waals surface area contributed by atoms with Gasteiger partial charge in [0.15, 0.2) is 0 Å². The van der Waals surface area contributed by atoms with Crippen LogP contribution in [0.15, 0.2) is 65.7 Å². The van der Waals surface area contributed by atoms with Crippen LogP contribution in [0, 0.1) is 11.8 Å². The van der Waals surface area contributed by atoms with Crippen LogP contribution in [0.2, 0.25) is 0 Å². The molecule has 3 aromatic rings. The van der Waals surface area contributed by atoms with Gasteiger partial charge in [-0.1, -0.05) is 36.1 Å². The molecule has 0 spiro atoms. The summed E-state index contributed by atoms with van der Waals surface area (Å²) in [5, 5.41) is 3.41. The number of fused-ring (bicyclic) bond motifs is 1. The summed E-state index contributed by atoms with van der Waals surface area (Å²) in [5.41, 5.74) is 1.04. The van der Waals surface area contributed by atoms with Crippen molar-refractivity contribution >= 4 is 32.5 Å². The third-order valence-corrected chi connectivity index (χ3v) is 5.26. The van der Waals surface area contributed by atoms with Crippen molar-refractivity contribution in [2.45, 2.75) is 11.8 Å². The van der Waals surface area contributed by atoms with Crippen molar-refractivity contribution in [3.8, 4) is 17.6 Å². The molecule has 3 rings (SSSR count). The maximum atomic E-state index is 12.5. The number of hydrogen-bond donors (Lipinski definition) is 2. The first-order chi connectivity index (χ1) is 14.0. The number of hydrogen-bond acceptors (Lipinski definition) is 5. The summed E-state index contributed by atoms with van der Waals surface area (Å²) in [7, 11) is -3.74.